The van der Waals surface area contributed by atoms with Crippen LogP contribution >= 0.6 is 11.6 Å². The average molecular weight is 740 g/mol. The number of likely N-dealkylation sites (tertiary alicyclic amines) is 1. The number of amides is 1. The van der Waals surface area contributed by atoms with Crippen LogP contribution in [0.25, 0.3) is 11.1 Å². The summed E-state index contributed by atoms with van der Waals surface area (Å²) < 4.78 is 38.7. The predicted octanol–water partition coefficient (Wildman–Crippen LogP) is 6.98. The minimum Gasteiger partial charge on any atom is -0.496 e. The summed E-state index contributed by atoms with van der Waals surface area (Å²) >= 11 is 6.85. The smallest absolute Gasteiger partial charge is 0.253 e. The Morgan fingerprint density at radius 2 is 1.83 bits per heavy atom. The number of piperidine rings is 2. The summed E-state index contributed by atoms with van der Waals surface area (Å²) in [5.74, 6) is 0.434. The Balaban J connectivity index is 1.11. The first-order chi connectivity index (χ1) is 24.9. The molecule has 0 aliphatic carbocycles. The number of aromatic nitrogens is 1. The van der Waals surface area contributed by atoms with Crippen molar-refractivity contribution in [3.8, 4) is 16.9 Å². The molecule has 2 N–H and O–H groups in total. The van der Waals surface area contributed by atoms with Gasteiger partial charge in [0.25, 0.3) is 5.56 Å². The van der Waals surface area contributed by atoms with Crippen molar-refractivity contribution in [3.05, 3.63) is 74.4 Å². The first-order valence-corrected chi connectivity index (χ1v) is 18.6. The number of methoxy groups -OCH3 is 1. The van der Waals surface area contributed by atoms with Crippen LogP contribution in [0.1, 0.15) is 68.1 Å². The minimum atomic E-state index is -1.21. The number of halogens is 3. The van der Waals surface area contributed by atoms with Crippen LogP contribution < -0.4 is 25.8 Å². The van der Waals surface area contributed by atoms with Crippen molar-refractivity contribution in [2.45, 2.75) is 83.5 Å². The zero-order chi connectivity index (χ0) is 37.6. The van der Waals surface area contributed by atoms with E-state index in [-0.39, 0.29) is 23.7 Å². The Morgan fingerprint density at radius 1 is 1.12 bits per heavy atom. The third kappa shape index (κ3) is 9.15. The van der Waals surface area contributed by atoms with Gasteiger partial charge in [-0.25, -0.2) is 8.78 Å². The fourth-order valence-corrected chi connectivity index (χ4v) is 7.88. The average Bonchev–Trinajstić information content (AvgIpc) is 3.14. The summed E-state index contributed by atoms with van der Waals surface area (Å²) in [6.45, 7) is 6.98. The number of hydrogen-bond donors (Lipinski definition) is 2. The Hall–Kier alpha value is -3.96. The Kier molecular flexibility index (Phi) is 13.0. The van der Waals surface area contributed by atoms with Crippen LogP contribution in [-0.4, -0.2) is 73.7 Å². The molecule has 0 bridgehead atoms. The number of carbonyl (C=O) groups excluding carboxylic acids is 2. The first kappa shape index (κ1) is 39.3. The Labute approximate surface area is 310 Å². The lowest BCUT2D eigenvalue weighted by molar-refractivity contribution is -0.121. The zero-order valence-corrected chi connectivity index (χ0v) is 31.8. The first-order valence-electron chi connectivity index (χ1n) is 18.3. The van der Waals surface area contributed by atoms with E-state index in [2.05, 4.69) is 15.5 Å². The van der Waals surface area contributed by atoms with Gasteiger partial charge in [-0.1, -0.05) is 11.6 Å². The van der Waals surface area contributed by atoms with Crippen molar-refractivity contribution < 1.29 is 23.1 Å². The lowest BCUT2D eigenvalue weighted by Gasteiger charge is -2.39. The van der Waals surface area contributed by atoms with E-state index >= 15 is 8.78 Å². The number of aldehydes is 1. The fourth-order valence-electron chi connectivity index (χ4n) is 7.61. The van der Waals surface area contributed by atoms with E-state index in [1.807, 2.05) is 37.1 Å². The molecular weight excluding hydrogens is 688 g/mol. The molecule has 5 rings (SSSR count). The maximum atomic E-state index is 16.1. The third-order valence-corrected chi connectivity index (χ3v) is 11.5. The van der Waals surface area contributed by atoms with Crippen molar-refractivity contribution in [1.82, 2.24) is 14.8 Å². The van der Waals surface area contributed by atoms with E-state index in [4.69, 9.17) is 16.3 Å². The molecule has 12 heteroatoms. The highest BCUT2D eigenvalue weighted by Gasteiger charge is 2.36. The molecule has 1 amide bonds. The number of anilines is 2. The van der Waals surface area contributed by atoms with Crippen LogP contribution in [0.3, 0.4) is 0 Å². The molecular formula is C40H52ClF2N5O4. The largest absolute Gasteiger partial charge is 0.496 e. The molecule has 282 valence electrons. The van der Waals surface area contributed by atoms with Gasteiger partial charge in [0.1, 0.15) is 29.6 Å². The lowest BCUT2D eigenvalue weighted by Crippen LogP contribution is -2.42. The van der Waals surface area contributed by atoms with Crippen molar-refractivity contribution in [2.75, 3.05) is 50.6 Å². The number of carbonyl (C=O) groups is 2. The maximum Gasteiger partial charge on any atom is 0.253 e. The van der Waals surface area contributed by atoms with Crippen molar-refractivity contribution in [3.63, 3.8) is 0 Å². The highest BCUT2D eigenvalue weighted by Crippen LogP contribution is 2.39. The molecule has 2 aliphatic heterocycles. The van der Waals surface area contributed by atoms with Gasteiger partial charge in [0.05, 0.1) is 12.8 Å². The molecule has 2 fully saturated rings. The summed E-state index contributed by atoms with van der Waals surface area (Å²) in [7, 11) is 4.90. The summed E-state index contributed by atoms with van der Waals surface area (Å²) in [5, 5.41) is 6.20. The van der Waals surface area contributed by atoms with Gasteiger partial charge in [0.2, 0.25) is 5.91 Å². The van der Waals surface area contributed by atoms with E-state index in [1.165, 1.54) is 13.1 Å². The fraction of sp³-hybridized carbons (Fsp3) is 0.525. The molecule has 1 unspecified atom stereocenters. The third-order valence-electron chi connectivity index (χ3n) is 11.1. The Morgan fingerprint density at radius 3 is 2.46 bits per heavy atom. The van der Waals surface area contributed by atoms with Crippen LogP contribution in [0.4, 0.5) is 20.2 Å². The van der Waals surface area contributed by atoms with E-state index in [1.54, 1.807) is 30.9 Å². The Bertz CT molecular complexity index is 1800. The van der Waals surface area contributed by atoms with Gasteiger partial charge >= 0.3 is 0 Å². The number of benzene rings is 2. The summed E-state index contributed by atoms with van der Waals surface area (Å²) in [6, 6.07) is 8.15. The van der Waals surface area contributed by atoms with Crippen LogP contribution in [0.2, 0.25) is 5.02 Å². The number of nitrogens with zero attached hydrogens (tertiary/aromatic N) is 3. The van der Waals surface area contributed by atoms with Gasteiger partial charge in [0, 0.05) is 86.8 Å². The van der Waals surface area contributed by atoms with E-state index in [0.29, 0.717) is 92.0 Å². The SMILES string of the molecule is CNC(=O)C(CCC=O)Nc1ccc(N2CCC(CCC3(F)CCN(Cc4c(Cl)cc(-c5cn(C)c(=O)c(C)c5C)cc4OC)CC3)CC2)c(F)c1. The normalized spacial score (nSPS) is 17.1. The topological polar surface area (TPSA) is 95.9 Å². The highest BCUT2D eigenvalue weighted by atomic mass is 35.5. The molecule has 2 aliphatic rings. The molecule has 0 saturated carbocycles. The second-order valence-electron chi connectivity index (χ2n) is 14.5. The quantitative estimate of drug-likeness (QED) is 0.173. The van der Waals surface area contributed by atoms with E-state index < -0.39 is 11.7 Å². The van der Waals surface area contributed by atoms with Gasteiger partial charge in [-0.2, -0.15) is 0 Å². The maximum absolute atomic E-state index is 16.1. The molecule has 1 aromatic heterocycles. The number of ether oxygens (including phenoxy) is 1. The number of aryl methyl sites for hydroxylation is 1. The van der Waals surface area contributed by atoms with Gasteiger partial charge in [-0.05, 0) is 106 Å². The zero-order valence-electron chi connectivity index (χ0n) is 31.0. The van der Waals surface area contributed by atoms with Crippen molar-refractivity contribution in [2.24, 2.45) is 13.0 Å². The minimum absolute atomic E-state index is 0.0246. The van der Waals surface area contributed by atoms with Gasteiger partial charge in [0.15, 0.2) is 0 Å². The monoisotopic (exact) mass is 739 g/mol. The molecule has 3 heterocycles. The van der Waals surface area contributed by atoms with Gasteiger partial charge < -0.3 is 29.6 Å². The molecule has 0 spiro atoms. The second kappa shape index (κ2) is 17.2. The highest BCUT2D eigenvalue weighted by molar-refractivity contribution is 6.32. The standard InChI is InChI=1S/C40H52ClF2N5O4/c1-26-27(2)39(51)46(4)24-31(26)29-21-33(41)32(37(22-29)52-5)25-47-18-14-40(43,15-19-47)13-10-28-11-16-48(17-12-28)36-9-8-30(23-34(36)42)45-35(7-6-20-49)38(50)44-3/h8-9,20-24,28,35,45H,6-7,10-19,25H2,1-5H3,(H,44,50). The molecule has 2 aromatic carbocycles. The molecule has 52 heavy (non-hydrogen) atoms. The van der Waals surface area contributed by atoms with E-state index in [9.17, 15) is 14.4 Å². The number of hydrogen-bond acceptors (Lipinski definition) is 7. The summed E-state index contributed by atoms with van der Waals surface area (Å²) in [4.78, 5) is 39.7. The number of likely N-dealkylation sites (N-methyl/N-ethyl adjacent to an activating group) is 1. The van der Waals surface area contributed by atoms with Gasteiger partial charge in [-0.15, -0.1) is 0 Å². The van der Waals surface area contributed by atoms with Crippen LogP contribution in [0.15, 0.2) is 41.3 Å². The molecule has 0 radical (unpaired) electrons. The van der Waals surface area contributed by atoms with Crippen molar-refractivity contribution in [1.29, 1.82) is 0 Å². The predicted molar refractivity (Wildman–Crippen MR) is 204 cm³/mol. The number of rotatable bonds is 14. The lowest BCUT2D eigenvalue weighted by atomic mass is 9.83. The second-order valence-corrected chi connectivity index (χ2v) is 14.9. The van der Waals surface area contributed by atoms with Crippen LogP contribution in [-0.2, 0) is 23.2 Å². The van der Waals surface area contributed by atoms with E-state index in [0.717, 1.165) is 47.8 Å². The summed E-state index contributed by atoms with van der Waals surface area (Å²) in [5.41, 5.74) is 4.05. The summed E-state index contributed by atoms with van der Waals surface area (Å²) in [6.07, 6.45) is 7.13. The molecule has 9 nitrogen and oxygen atoms in total. The number of alkyl halides is 1. The molecule has 2 saturated heterocycles. The van der Waals surface area contributed by atoms with Crippen LogP contribution in [0, 0.1) is 25.6 Å². The van der Waals surface area contributed by atoms with Crippen LogP contribution in [0.5, 0.6) is 5.75 Å². The molecule has 1 atom stereocenters. The molecule has 3 aromatic rings. The van der Waals surface area contributed by atoms with Gasteiger partial charge in [-0.3, -0.25) is 14.5 Å². The van der Waals surface area contributed by atoms with Crippen molar-refractivity contribution >= 4 is 35.2 Å². The number of pyridine rings is 1. The number of nitrogens with one attached hydrogen (secondary N) is 2.